The molecule has 0 aromatic heterocycles. The summed E-state index contributed by atoms with van der Waals surface area (Å²) in [4.78, 5) is 0. The highest BCUT2D eigenvalue weighted by molar-refractivity contribution is 9.10. The first-order chi connectivity index (χ1) is 7.89. The molecule has 1 unspecified atom stereocenters. The van der Waals surface area contributed by atoms with Crippen LogP contribution in [0.15, 0.2) is 28.7 Å². The van der Waals surface area contributed by atoms with Gasteiger partial charge in [-0.05, 0) is 45.8 Å². The topological polar surface area (TPSA) is 0 Å². The van der Waals surface area contributed by atoms with E-state index < -0.39 is 0 Å². The fraction of sp³-hybridized carbons (Fsp3) is 0.429. The van der Waals surface area contributed by atoms with Crippen molar-refractivity contribution in [3.05, 3.63) is 40.1 Å². The zero-order chi connectivity index (χ0) is 12.6. The van der Waals surface area contributed by atoms with Crippen molar-refractivity contribution >= 4 is 33.1 Å². The predicted octanol–water partition coefficient (Wildman–Crippen LogP) is 5.40. The molecule has 0 radical (unpaired) electrons. The molecular formula is C14H15BrClF. The van der Waals surface area contributed by atoms with Crippen molar-refractivity contribution < 1.29 is 4.39 Å². The monoisotopic (exact) mass is 316 g/mol. The van der Waals surface area contributed by atoms with Gasteiger partial charge in [0.1, 0.15) is 5.82 Å². The van der Waals surface area contributed by atoms with Gasteiger partial charge in [-0.2, -0.15) is 0 Å². The van der Waals surface area contributed by atoms with Crippen LogP contribution >= 0.6 is 27.5 Å². The largest absolute Gasteiger partial charge is 0.205 e. The van der Waals surface area contributed by atoms with E-state index in [1.165, 1.54) is 0 Å². The SMILES string of the molecule is CC1(C)CC(c2cccc(Br)c2F)=CC(Cl)C1. The Morgan fingerprint density at radius 3 is 2.76 bits per heavy atom. The number of hydrogen-bond donors (Lipinski definition) is 0. The van der Waals surface area contributed by atoms with Crippen molar-refractivity contribution in [1.29, 1.82) is 0 Å². The fourth-order valence-electron chi connectivity index (χ4n) is 2.39. The Morgan fingerprint density at radius 2 is 2.12 bits per heavy atom. The Balaban J connectivity index is 2.43. The Kier molecular flexibility index (Phi) is 3.65. The molecule has 2 rings (SSSR count). The molecule has 1 aliphatic rings. The molecule has 1 atom stereocenters. The first-order valence-corrected chi connectivity index (χ1v) is 6.91. The molecule has 92 valence electrons. The number of hydrogen-bond acceptors (Lipinski definition) is 0. The van der Waals surface area contributed by atoms with E-state index in [1.54, 1.807) is 6.07 Å². The summed E-state index contributed by atoms with van der Waals surface area (Å²) in [5.74, 6) is -0.194. The lowest BCUT2D eigenvalue weighted by molar-refractivity contribution is 0.340. The molecule has 0 bridgehead atoms. The van der Waals surface area contributed by atoms with Gasteiger partial charge >= 0.3 is 0 Å². The highest BCUT2D eigenvalue weighted by atomic mass is 79.9. The maximum Gasteiger partial charge on any atom is 0.144 e. The first-order valence-electron chi connectivity index (χ1n) is 5.68. The van der Waals surface area contributed by atoms with Gasteiger partial charge in [0.25, 0.3) is 0 Å². The summed E-state index contributed by atoms with van der Waals surface area (Å²) in [6.45, 7) is 4.34. The molecule has 1 aromatic carbocycles. The van der Waals surface area contributed by atoms with E-state index in [-0.39, 0.29) is 16.6 Å². The van der Waals surface area contributed by atoms with Crippen LogP contribution in [0.2, 0.25) is 0 Å². The number of halogens is 3. The molecule has 0 amide bonds. The molecule has 0 heterocycles. The zero-order valence-electron chi connectivity index (χ0n) is 9.93. The van der Waals surface area contributed by atoms with Gasteiger partial charge in [0, 0.05) is 5.56 Å². The molecule has 17 heavy (non-hydrogen) atoms. The summed E-state index contributed by atoms with van der Waals surface area (Å²) in [5, 5.41) is -0.00729. The lowest BCUT2D eigenvalue weighted by atomic mass is 9.75. The van der Waals surface area contributed by atoms with E-state index in [0.29, 0.717) is 10.0 Å². The minimum Gasteiger partial charge on any atom is -0.205 e. The third kappa shape index (κ3) is 2.92. The van der Waals surface area contributed by atoms with Crippen LogP contribution in [-0.4, -0.2) is 5.38 Å². The molecule has 0 saturated heterocycles. The van der Waals surface area contributed by atoms with Gasteiger partial charge < -0.3 is 0 Å². The smallest absolute Gasteiger partial charge is 0.144 e. The molecular weight excluding hydrogens is 303 g/mol. The molecule has 0 spiro atoms. The average Bonchev–Trinajstić information content (AvgIpc) is 2.19. The van der Waals surface area contributed by atoms with E-state index in [4.69, 9.17) is 11.6 Å². The van der Waals surface area contributed by atoms with Crippen LogP contribution in [0.25, 0.3) is 5.57 Å². The van der Waals surface area contributed by atoms with Crippen molar-refractivity contribution in [2.75, 3.05) is 0 Å². The van der Waals surface area contributed by atoms with Gasteiger partial charge in [-0.3, -0.25) is 0 Å². The number of alkyl halides is 1. The molecule has 0 aliphatic heterocycles. The highest BCUT2D eigenvalue weighted by Crippen LogP contribution is 2.42. The first kappa shape index (κ1) is 13.1. The Morgan fingerprint density at radius 1 is 1.41 bits per heavy atom. The molecule has 0 nitrogen and oxygen atoms in total. The Labute approximate surface area is 115 Å². The van der Waals surface area contributed by atoms with Crippen molar-refractivity contribution in [3.8, 4) is 0 Å². The lowest BCUT2D eigenvalue weighted by Crippen LogP contribution is -2.22. The predicted molar refractivity (Wildman–Crippen MR) is 74.7 cm³/mol. The molecule has 0 fully saturated rings. The van der Waals surface area contributed by atoms with Crippen molar-refractivity contribution in [2.45, 2.75) is 32.1 Å². The van der Waals surface area contributed by atoms with Crippen molar-refractivity contribution in [2.24, 2.45) is 5.41 Å². The molecule has 0 N–H and O–H groups in total. The van der Waals surface area contributed by atoms with E-state index in [1.807, 2.05) is 18.2 Å². The summed E-state index contributed by atoms with van der Waals surface area (Å²) in [5.41, 5.74) is 1.81. The number of allylic oxidation sites excluding steroid dienone is 2. The van der Waals surface area contributed by atoms with E-state index in [9.17, 15) is 4.39 Å². The minimum absolute atomic E-state index is 0.00729. The summed E-state index contributed by atoms with van der Waals surface area (Å²) in [7, 11) is 0. The zero-order valence-corrected chi connectivity index (χ0v) is 12.3. The third-order valence-corrected chi connectivity index (χ3v) is 3.99. The van der Waals surface area contributed by atoms with Gasteiger partial charge in [-0.1, -0.05) is 32.1 Å². The molecule has 3 heteroatoms. The summed E-state index contributed by atoms with van der Waals surface area (Å²) in [6.07, 6.45) is 3.79. The highest BCUT2D eigenvalue weighted by Gasteiger charge is 2.29. The number of rotatable bonds is 1. The Bertz CT molecular complexity index is 465. The van der Waals surface area contributed by atoms with Gasteiger partial charge in [-0.15, -0.1) is 11.6 Å². The lowest BCUT2D eigenvalue weighted by Gasteiger charge is -2.32. The maximum absolute atomic E-state index is 14.0. The van der Waals surface area contributed by atoms with Crippen LogP contribution in [0.5, 0.6) is 0 Å². The van der Waals surface area contributed by atoms with Gasteiger partial charge in [0.2, 0.25) is 0 Å². The molecule has 1 aromatic rings. The van der Waals surface area contributed by atoms with Gasteiger partial charge in [0.15, 0.2) is 0 Å². The van der Waals surface area contributed by atoms with E-state index >= 15 is 0 Å². The minimum atomic E-state index is -0.194. The standard InChI is InChI=1S/C14H15BrClF/c1-14(2)7-9(6-10(16)8-14)11-4-3-5-12(15)13(11)17/h3-6,10H,7-8H2,1-2H3. The molecule has 0 saturated carbocycles. The second-order valence-electron chi connectivity index (χ2n) is 5.35. The second-order valence-corrected chi connectivity index (χ2v) is 6.77. The third-order valence-electron chi connectivity index (χ3n) is 3.10. The van der Waals surface area contributed by atoms with Crippen LogP contribution < -0.4 is 0 Å². The Hall–Kier alpha value is -0.340. The van der Waals surface area contributed by atoms with Crippen molar-refractivity contribution in [3.63, 3.8) is 0 Å². The van der Waals surface area contributed by atoms with Crippen LogP contribution in [0.1, 0.15) is 32.3 Å². The van der Waals surface area contributed by atoms with Gasteiger partial charge in [-0.25, -0.2) is 4.39 Å². The van der Waals surface area contributed by atoms with Crippen LogP contribution in [0.4, 0.5) is 4.39 Å². The van der Waals surface area contributed by atoms with E-state index in [2.05, 4.69) is 29.8 Å². The summed E-state index contributed by atoms with van der Waals surface area (Å²) >= 11 is 9.45. The second kappa shape index (κ2) is 4.74. The van der Waals surface area contributed by atoms with Gasteiger partial charge in [0.05, 0.1) is 9.85 Å². The van der Waals surface area contributed by atoms with Crippen LogP contribution in [0.3, 0.4) is 0 Å². The maximum atomic E-state index is 14.0. The fourth-order valence-corrected chi connectivity index (χ4v) is 3.32. The average molecular weight is 318 g/mol. The quantitative estimate of drug-likeness (QED) is 0.608. The van der Waals surface area contributed by atoms with Crippen molar-refractivity contribution in [1.82, 2.24) is 0 Å². The molecule has 1 aliphatic carbocycles. The number of benzene rings is 1. The normalized spacial score (nSPS) is 23.4. The van der Waals surface area contributed by atoms with Crippen LogP contribution in [-0.2, 0) is 0 Å². The van der Waals surface area contributed by atoms with E-state index in [0.717, 1.165) is 18.4 Å². The summed E-state index contributed by atoms with van der Waals surface area (Å²) in [6, 6.07) is 5.39. The summed E-state index contributed by atoms with van der Waals surface area (Å²) < 4.78 is 14.5. The van der Waals surface area contributed by atoms with Crippen LogP contribution in [0, 0.1) is 11.2 Å².